The van der Waals surface area contributed by atoms with Crippen LogP contribution >= 0.6 is 0 Å². The van der Waals surface area contributed by atoms with Crippen molar-refractivity contribution in [1.29, 1.82) is 0 Å². The number of amides is 2. The van der Waals surface area contributed by atoms with E-state index < -0.39 is 0 Å². The van der Waals surface area contributed by atoms with Crippen molar-refractivity contribution >= 4 is 29.3 Å². The Morgan fingerprint density at radius 3 is 2.50 bits per heavy atom. The van der Waals surface area contributed by atoms with Gasteiger partial charge in [0.1, 0.15) is 0 Å². The molecule has 5 rings (SSSR count). The van der Waals surface area contributed by atoms with Gasteiger partial charge in [-0.15, -0.1) is 0 Å². The number of nitrogens with one attached hydrogen (secondary N) is 1. The van der Waals surface area contributed by atoms with Crippen molar-refractivity contribution in [2.24, 2.45) is 0 Å². The first-order valence-corrected chi connectivity index (χ1v) is 11.5. The van der Waals surface area contributed by atoms with Crippen LogP contribution in [-0.2, 0) is 4.79 Å². The van der Waals surface area contributed by atoms with E-state index in [4.69, 9.17) is 4.74 Å². The SMILES string of the molecule is Cc1ccccc1N1CCN(C(=O)c2ccc(/C=C3\Oc4ccccc4NC3=O)cc2)C(C)C1. The van der Waals surface area contributed by atoms with Gasteiger partial charge >= 0.3 is 0 Å². The number of anilines is 2. The molecular formula is C28H27N3O3. The fourth-order valence-electron chi connectivity index (χ4n) is 4.54. The average molecular weight is 454 g/mol. The van der Waals surface area contributed by atoms with Crippen LogP contribution in [0.25, 0.3) is 6.08 Å². The summed E-state index contributed by atoms with van der Waals surface area (Å²) in [5.74, 6) is 0.564. The van der Waals surface area contributed by atoms with Crippen LogP contribution in [-0.4, -0.2) is 42.4 Å². The van der Waals surface area contributed by atoms with Gasteiger partial charge in [-0.2, -0.15) is 0 Å². The molecule has 0 spiro atoms. The van der Waals surface area contributed by atoms with Crippen molar-refractivity contribution in [3.8, 4) is 5.75 Å². The van der Waals surface area contributed by atoms with Crippen LogP contribution in [0.4, 0.5) is 11.4 Å². The van der Waals surface area contributed by atoms with Gasteiger partial charge in [-0.25, -0.2) is 0 Å². The maximum Gasteiger partial charge on any atom is 0.291 e. The van der Waals surface area contributed by atoms with Crippen molar-refractivity contribution in [3.05, 3.63) is 95.2 Å². The lowest BCUT2D eigenvalue weighted by Gasteiger charge is -2.41. The Morgan fingerprint density at radius 1 is 1.00 bits per heavy atom. The predicted octanol–water partition coefficient (Wildman–Crippen LogP) is 4.72. The molecule has 2 aliphatic heterocycles. The highest BCUT2D eigenvalue weighted by Crippen LogP contribution is 2.31. The summed E-state index contributed by atoms with van der Waals surface area (Å²) in [5.41, 5.74) is 4.56. The lowest BCUT2D eigenvalue weighted by Crippen LogP contribution is -2.54. The Balaban J connectivity index is 1.27. The fourth-order valence-corrected chi connectivity index (χ4v) is 4.54. The molecule has 2 aliphatic rings. The third kappa shape index (κ3) is 4.27. The second kappa shape index (κ2) is 9.06. The van der Waals surface area contributed by atoms with E-state index in [0.717, 1.165) is 18.7 Å². The topological polar surface area (TPSA) is 61.9 Å². The van der Waals surface area contributed by atoms with E-state index in [0.29, 0.717) is 23.5 Å². The Labute approximate surface area is 199 Å². The predicted molar refractivity (Wildman–Crippen MR) is 134 cm³/mol. The molecule has 2 amide bonds. The summed E-state index contributed by atoms with van der Waals surface area (Å²) in [5, 5.41) is 2.83. The van der Waals surface area contributed by atoms with Crippen LogP contribution in [0.2, 0.25) is 0 Å². The summed E-state index contributed by atoms with van der Waals surface area (Å²) in [6.07, 6.45) is 1.68. The quantitative estimate of drug-likeness (QED) is 0.583. The van der Waals surface area contributed by atoms with Crippen LogP contribution in [0.15, 0.2) is 78.6 Å². The minimum atomic E-state index is -0.292. The molecule has 6 nitrogen and oxygen atoms in total. The van der Waals surface area contributed by atoms with Gasteiger partial charge < -0.3 is 19.9 Å². The van der Waals surface area contributed by atoms with Gasteiger partial charge in [0.05, 0.1) is 5.69 Å². The van der Waals surface area contributed by atoms with E-state index in [-0.39, 0.29) is 23.6 Å². The molecule has 34 heavy (non-hydrogen) atoms. The van der Waals surface area contributed by atoms with Crippen LogP contribution in [0, 0.1) is 6.92 Å². The van der Waals surface area contributed by atoms with Gasteiger partial charge in [0.2, 0.25) is 0 Å². The van der Waals surface area contributed by atoms with E-state index in [1.165, 1.54) is 11.3 Å². The summed E-state index contributed by atoms with van der Waals surface area (Å²) < 4.78 is 5.76. The molecule has 0 aliphatic carbocycles. The van der Waals surface area contributed by atoms with Crippen molar-refractivity contribution in [1.82, 2.24) is 4.90 Å². The molecule has 2 heterocycles. The number of piperazine rings is 1. The summed E-state index contributed by atoms with van der Waals surface area (Å²) >= 11 is 0. The smallest absolute Gasteiger partial charge is 0.291 e. The number of benzene rings is 3. The molecule has 1 saturated heterocycles. The zero-order valence-corrected chi connectivity index (χ0v) is 19.3. The first kappa shape index (κ1) is 21.8. The van der Waals surface area contributed by atoms with Crippen molar-refractivity contribution in [2.75, 3.05) is 29.9 Å². The number of carbonyl (C=O) groups excluding carboxylic acids is 2. The zero-order valence-electron chi connectivity index (χ0n) is 19.3. The summed E-state index contributed by atoms with van der Waals surface area (Å²) in [7, 11) is 0. The van der Waals surface area contributed by atoms with Crippen molar-refractivity contribution in [2.45, 2.75) is 19.9 Å². The average Bonchev–Trinajstić information content (AvgIpc) is 2.85. The van der Waals surface area contributed by atoms with E-state index >= 15 is 0 Å². The van der Waals surface area contributed by atoms with Gasteiger partial charge in [0, 0.05) is 36.9 Å². The minimum absolute atomic E-state index is 0.0247. The van der Waals surface area contributed by atoms with Gasteiger partial charge in [0.25, 0.3) is 11.8 Å². The van der Waals surface area contributed by atoms with E-state index in [1.807, 2.05) is 53.4 Å². The van der Waals surface area contributed by atoms with E-state index in [1.54, 1.807) is 12.1 Å². The maximum atomic E-state index is 13.2. The Morgan fingerprint density at radius 2 is 1.74 bits per heavy atom. The molecule has 1 N–H and O–H groups in total. The number of nitrogens with zero attached hydrogens (tertiary/aromatic N) is 2. The number of carbonyl (C=O) groups is 2. The second-order valence-electron chi connectivity index (χ2n) is 8.76. The molecule has 0 aromatic heterocycles. The number of rotatable bonds is 3. The highest BCUT2D eigenvalue weighted by Gasteiger charge is 2.29. The molecule has 0 saturated carbocycles. The summed E-state index contributed by atoms with van der Waals surface area (Å²) in [6.45, 7) is 6.49. The van der Waals surface area contributed by atoms with Crippen LogP contribution < -0.4 is 15.0 Å². The molecule has 1 atom stereocenters. The molecule has 0 bridgehead atoms. The number of hydrogen-bond donors (Lipinski definition) is 1. The van der Waals surface area contributed by atoms with Crippen LogP contribution in [0.3, 0.4) is 0 Å². The number of fused-ring (bicyclic) bond motifs is 1. The monoisotopic (exact) mass is 453 g/mol. The van der Waals surface area contributed by atoms with E-state index in [2.05, 4.69) is 42.3 Å². The first-order valence-electron chi connectivity index (χ1n) is 11.5. The molecule has 3 aromatic rings. The van der Waals surface area contributed by atoms with Crippen LogP contribution in [0.5, 0.6) is 5.75 Å². The Bertz CT molecular complexity index is 1270. The molecule has 1 unspecified atom stereocenters. The minimum Gasteiger partial charge on any atom is -0.449 e. The first-order chi connectivity index (χ1) is 16.5. The number of aryl methyl sites for hydroxylation is 1. The normalized spacial score (nSPS) is 18.8. The Kier molecular flexibility index (Phi) is 5.80. The molecule has 1 fully saturated rings. The Hall–Kier alpha value is -4.06. The van der Waals surface area contributed by atoms with Gasteiger partial charge in [-0.1, -0.05) is 42.5 Å². The third-order valence-corrected chi connectivity index (χ3v) is 6.38. The van der Waals surface area contributed by atoms with Crippen molar-refractivity contribution in [3.63, 3.8) is 0 Å². The molecule has 0 radical (unpaired) electrons. The standard InChI is InChI=1S/C28H27N3O3/c1-19-7-3-5-9-24(19)30-15-16-31(20(2)18-30)28(33)22-13-11-21(12-14-22)17-26-27(32)29-23-8-4-6-10-25(23)34-26/h3-14,17,20H,15-16,18H2,1-2H3,(H,29,32)/b26-17-. The van der Waals surface area contributed by atoms with Gasteiger partial charge in [-0.05, 0) is 61.4 Å². The summed E-state index contributed by atoms with van der Waals surface area (Å²) in [6, 6.07) is 23.1. The summed E-state index contributed by atoms with van der Waals surface area (Å²) in [4.78, 5) is 29.9. The maximum absolute atomic E-state index is 13.2. The molecule has 3 aromatic carbocycles. The lowest BCUT2D eigenvalue weighted by molar-refractivity contribution is -0.115. The third-order valence-electron chi connectivity index (χ3n) is 6.38. The van der Waals surface area contributed by atoms with Crippen LogP contribution in [0.1, 0.15) is 28.4 Å². The molecule has 172 valence electrons. The van der Waals surface area contributed by atoms with E-state index in [9.17, 15) is 9.59 Å². The fraction of sp³-hybridized carbons (Fsp3) is 0.214. The highest BCUT2D eigenvalue weighted by atomic mass is 16.5. The lowest BCUT2D eigenvalue weighted by atomic mass is 10.1. The van der Waals surface area contributed by atoms with Gasteiger partial charge in [-0.3, -0.25) is 9.59 Å². The highest BCUT2D eigenvalue weighted by molar-refractivity contribution is 6.08. The molecular weight excluding hydrogens is 426 g/mol. The van der Waals surface area contributed by atoms with Crippen molar-refractivity contribution < 1.29 is 14.3 Å². The molecule has 6 heteroatoms. The van der Waals surface area contributed by atoms with Gasteiger partial charge in [0.15, 0.2) is 11.5 Å². The number of hydrogen-bond acceptors (Lipinski definition) is 4. The zero-order chi connectivity index (χ0) is 23.7. The number of para-hydroxylation sites is 3. The number of ether oxygens (including phenoxy) is 1. The largest absolute Gasteiger partial charge is 0.449 e. The second-order valence-corrected chi connectivity index (χ2v) is 8.76.